The monoisotopic (exact) mass is 292 g/mol. The fraction of sp³-hybridized carbons (Fsp3) is 0.462. The van der Waals surface area contributed by atoms with Crippen molar-refractivity contribution in [1.82, 2.24) is 15.5 Å². The summed E-state index contributed by atoms with van der Waals surface area (Å²) >= 11 is 0. The summed E-state index contributed by atoms with van der Waals surface area (Å²) in [6.07, 6.45) is -0.885. The predicted octanol–water partition coefficient (Wildman–Crippen LogP) is 0.869. The standard InChI is InChI=1S/C13H16N4O4/c1-13(2,3)21-12(20)15-10(11(18)19)6-8-4-5-9(7-14)17-16-8/h4-5,10H,6H2,1-3H3,(H,15,20)(H,18,19)/t10-/m0/s1. The van der Waals surface area contributed by atoms with Crippen LogP contribution in [0.2, 0.25) is 0 Å². The van der Waals surface area contributed by atoms with Crippen LogP contribution in [-0.4, -0.2) is 39.0 Å². The lowest BCUT2D eigenvalue weighted by molar-refractivity contribution is -0.139. The van der Waals surface area contributed by atoms with Crippen molar-refractivity contribution in [2.75, 3.05) is 0 Å². The van der Waals surface area contributed by atoms with E-state index in [1.165, 1.54) is 12.1 Å². The maximum atomic E-state index is 11.6. The number of carboxylic acids is 1. The van der Waals surface area contributed by atoms with E-state index >= 15 is 0 Å². The molecule has 21 heavy (non-hydrogen) atoms. The number of nitrogens with one attached hydrogen (secondary N) is 1. The van der Waals surface area contributed by atoms with Gasteiger partial charge in [-0.2, -0.15) is 10.4 Å². The number of alkyl carbamates (subject to hydrolysis) is 1. The number of carboxylic acid groups (broad SMARTS) is 1. The Morgan fingerprint density at radius 3 is 2.52 bits per heavy atom. The molecule has 0 radical (unpaired) electrons. The number of hydrogen-bond acceptors (Lipinski definition) is 6. The molecule has 112 valence electrons. The Balaban J connectivity index is 2.72. The number of ether oxygens (including phenoxy) is 1. The average Bonchev–Trinajstić information content (AvgIpc) is 2.36. The molecule has 0 aliphatic heterocycles. The zero-order valence-electron chi connectivity index (χ0n) is 12.0. The summed E-state index contributed by atoms with van der Waals surface area (Å²) in [4.78, 5) is 22.7. The van der Waals surface area contributed by atoms with Gasteiger partial charge in [-0.15, -0.1) is 5.10 Å². The first-order valence-electron chi connectivity index (χ1n) is 6.16. The van der Waals surface area contributed by atoms with Crippen molar-refractivity contribution in [2.45, 2.75) is 38.8 Å². The van der Waals surface area contributed by atoms with E-state index in [2.05, 4.69) is 15.5 Å². The third-order valence-electron chi connectivity index (χ3n) is 2.24. The molecule has 0 saturated heterocycles. The van der Waals surface area contributed by atoms with Gasteiger partial charge in [0.15, 0.2) is 5.69 Å². The van der Waals surface area contributed by atoms with Gasteiger partial charge in [0.1, 0.15) is 17.7 Å². The van der Waals surface area contributed by atoms with Crippen molar-refractivity contribution in [3.05, 3.63) is 23.5 Å². The zero-order valence-corrected chi connectivity index (χ0v) is 12.0. The van der Waals surface area contributed by atoms with E-state index in [4.69, 9.17) is 15.1 Å². The summed E-state index contributed by atoms with van der Waals surface area (Å²) < 4.78 is 5.00. The van der Waals surface area contributed by atoms with Gasteiger partial charge in [0.2, 0.25) is 0 Å². The molecule has 0 aromatic carbocycles. The number of nitriles is 1. The van der Waals surface area contributed by atoms with Gasteiger partial charge in [0, 0.05) is 6.42 Å². The number of hydrogen-bond donors (Lipinski definition) is 2. The summed E-state index contributed by atoms with van der Waals surface area (Å²) in [5.41, 5.74) is -0.246. The number of carbonyl (C=O) groups is 2. The Hall–Kier alpha value is -2.69. The number of aliphatic carboxylic acids is 1. The summed E-state index contributed by atoms with van der Waals surface area (Å²) in [6.45, 7) is 5.03. The number of carbonyl (C=O) groups excluding carboxylic acids is 1. The minimum absolute atomic E-state index is 0.0622. The first-order valence-corrected chi connectivity index (χ1v) is 6.16. The van der Waals surface area contributed by atoms with Crippen molar-refractivity contribution in [2.24, 2.45) is 0 Å². The highest BCUT2D eigenvalue weighted by Crippen LogP contribution is 2.08. The molecule has 8 heteroatoms. The molecule has 0 spiro atoms. The van der Waals surface area contributed by atoms with Gasteiger partial charge in [-0.3, -0.25) is 0 Å². The van der Waals surface area contributed by atoms with Crippen LogP contribution in [0.1, 0.15) is 32.2 Å². The van der Waals surface area contributed by atoms with Crippen LogP contribution in [0.3, 0.4) is 0 Å². The first-order chi connectivity index (χ1) is 9.71. The smallest absolute Gasteiger partial charge is 0.408 e. The topological polar surface area (TPSA) is 125 Å². The lowest BCUT2D eigenvalue weighted by Gasteiger charge is -2.21. The average molecular weight is 292 g/mol. The van der Waals surface area contributed by atoms with E-state index in [0.29, 0.717) is 5.69 Å². The molecule has 2 N–H and O–H groups in total. The minimum Gasteiger partial charge on any atom is -0.480 e. The first kappa shape index (κ1) is 16.4. The highest BCUT2D eigenvalue weighted by molar-refractivity contribution is 5.80. The fourth-order valence-corrected chi connectivity index (χ4v) is 1.39. The van der Waals surface area contributed by atoms with Crippen molar-refractivity contribution >= 4 is 12.1 Å². The van der Waals surface area contributed by atoms with Gasteiger partial charge < -0.3 is 15.2 Å². The van der Waals surface area contributed by atoms with E-state index in [1.807, 2.05) is 6.07 Å². The molecule has 1 atom stereocenters. The van der Waals surface area contributed by atoms with Crippen molar-refractivity contribution in [3.8, 4) is 6.07 Å². The Morgan fingerprint density at radius 1 is 1.43 bits per heavy atom. The van der Waals surface area contributed by atoms with E-state index in [1.54, 1.807) is 20.8 Å². The van der Waals surface area contributed by atoms with Gasteiger partial charge in [-0.1, -0.05) is 0 Å². The van der Waals surface area contributed by atoms with Gasteiger partial charge in [0.25, 0.3) is 0 Å². The quantitative estimate of drug-likeness (QED) is 0.843. The van der Waals surface area contributed by atoms with Crippen LogP contribution in [0.25, 0.3) is 0 Å². The highest BCUT2D eigenvalue weighted by atomic mass is 16.6. The van der Waals surface area contributed by atoms with E-state index in [9.17, 15) is 9.59 Å². The molecular formula is C13H16N4O4. The molecule has 0 saturated carbocycles. The van der Waals surface area contributed by atoms with Crippen LogP contribution in [0.4, 0.5) is 4.79 Å². The van der Waals surface area contributed by atoms with Gasteiger partial charge in [-0.05, 0) is 32.9 Å². The molecule has 0 unspecified atom stereocenters. The van der Waals surface area contributed by atoms with E-state index in [0.717, 1.165) is 0 Å². The zero-order chi connectivity index (χ0) is 16.0. The SMILES string of the molecule is CC(C)(C)OC(=O)N[C@@H](Cc1ccc(C#N)nn1)C(=O)O. The second-order valence-corrected chi connectivity index (χ2v) is 5.26. The van der Waals surface area contributed by atoms with Gasteiger partial charge >= 0.3 is 12.1 Å². The second kappa shape index (κ2) is 6.65. The lowest BCUT2D eigenvalue weighted by Crippen LogP contribution is -2.44. The third kappa shape index (κ3) is 5.86. The molecule has 1 aromatic heterocycles. The Morgan fingerprint density at radius 2 is 2.10 bits per heavy atom. The molecule has 1 heterocycles. The van der Waals surface area contributed by atoms with Gasteiger partial charge in [-0.25, -0.2) is 9.59 Å². The Kier molecular flexibility index (Phi) is 5.18. The number of rotatable bonds is 4. The second-order valence-electron chi connectivity index (χ2n) is 5.26. The summed E-state index contributed by atoms with van der Waals surface area (Å²) in [7, 11) is 0. The van der Waals surface area contributed by atoms with Crippen LogP contribution in [-0.2, 0) is 16.0 Å². The molecule has 1 rings (SSSR count). The number of aromatic nitrogens is 2. The number of amides is 1. The predicted molar refractivity (Wildman–Crippen MR) is 71.2 cm³/mol. The van der Waals surface area contributed by atoms with Gasteiger partial charge in [0.05, 0.1) is 5.69 Å². The molecule has 1 amide bonds. The maximum Gasteiger partial charge on any atom is 0.408 e. The highest BCUT2D eigenvalue weighted by Gasteiger charge is 2.24. The van der Waals surface area contributed by atoms with Crippen LogP contribution in [0.5, 0.6) is 0 Å². The molecule has 0 aliphatic rings. The Labute approximate surface area is 121 Å². The van der Waals surface area contributed by atoms with E-state index in [-0.39, 0.29) is 12.1 Å². The summed E-state index contributed by atoms with van der Waals surface area (Å²) in [5.74, 6) is -1.22. The van der Waals surface area contributed by atoms with Crippen molar-refractivity contribution < 1.29 is 19.4 Å². The maximum absolute atomic E-state index is 11.6. The molecule has 0 bridgehead atoms. The number of nitrogens with zero attached hydrogens (tertiary/aromatic N) is 3. The fourth-order valence-electron chi connectivity index (χ4n) is 1.39. The van der Waals surface area contributed by atoms with Crippen LogP contribution in [0, 0.1) is 11.3 Å². The molecular weight excluding hydrogens is 276 g/mol. The molecule has 0 aliphatic carbocycles. The third-order valence-corrected chi connectivity index (χ3v) is 2.24. The van der Waals surface area contributed by atoms with Crippen molar-refractivity contribution in [3.63, 3.8) is 0 Å². The van der Waals surface area contributed by atoms with Crippen LogP contribution >= 0.6 is 0 Å². The lowest BCUT2D eigenvalue weighted by atomic mass is 10.1. The van der Waals surface area contributed by atoms with E-state index < -0.39 is 23.7 Å². The molecule has 0 fully saturated rings. The normalized spacial score (nSPS) is 12.1. The largest absolute Gasteiger partial charge is 0.480 e. The molecule has 1 aromatic rings. The summed E-state index contributed by atoms with van der Waals surface area (Å²) in [5, 5.41) is 27.3. The van der Waals surface area contributed by atoms with Crippen LogP contribution < -0.4 is 5.32 Å². The summed E-state index contributed by atoms with van der Waals surface area (Å²) in [6, 6.07) is 3.53. The van der Waals surface area contributed by atoms with Crippen molar-refractivity contribution in [1.29, 1.82) is 5.26 Å². The molecule has 8 nitrogen and oxygen atoms in total. The minimum atomic E-state index is -1.22. The van der Waals surface area contributed by atoms with Crippen LogP contribution in [0.15, 0.2) is 12.1 Å². The Bertz CT molecular complexity index is 557.